The van der Waals surface area contributed by atoms with Crippen molar-refractivity contribution >= 4 is 11.8 Å². The molecule has 0 bridgehead atoms. The third-order valence-corrected chi connectivity index (χ3v) is 4.45. The van der Waals surface area contributed by atoms with E-state index >= 15 is 0 Å². The summed E-state index contributed by atoms with van der Waals surface area (Å²) in [4.78, 5) is 32.7. The summed E-state index contributed by atoms with van der Waals surface area (Å²) in [5.74, 6) is 0.741. The monoisotopic (exact) mass is 341 g/mol. The Morgan fingerprint density at radius 1 is 1.20 bits per heavy atom. The molecule has 0 aliphatic carbocycles. The van der Waals surface area contributed by atoms with E-state index in [1.807, 2.05) is 22.7 Å². The molecule has 1 fully saturated rings. The molecular formula is C18H23N5O2. The van der Waals surface area contributed by atoms with Gasteiger partial charge in [-0.25, -0.2) is 4.98 Å². The van der Waals surface area contributed by atoms with Crippen LogP contribution in [0.25, 0.3) is 0 Å². The summed E-state index contributed by atoms with van der Waals surface area (Å²) in [5, 5.41) is 3.33. The zero-order valence-corrected chi connectivity index (χ0v) is 14.8. The van der Waals surface area contributed by atoms with Crippen molar-refractivity contribution in [3.8, 4) is 0 Å². The SMILES string of the molecule is CN(C)C(=O)c1ccc(C(=O)N2CCNCC2c2nccn2C)cc1. The fourth-order valence-electron chi connectivity index (χ4n) is 3.06. The predicted octanol–water partition coefficient (Wildman–Crippen LogP) is 0.909. The Morgan fingerprint density at radius 3 is 2.48 bits per heavy atom. The maximum absolute atomic E-state index is 13.0. The summed E-state index contributed by atoms with van der Waals surface area (Å²) in [7, 11) is 5.35. The lowest BCUT2D eigenvalue weighted by Gasteiger charge is -2.35. The van der Waals surface area contributed by atoms with Gasteiger partial charge in [0.05, 0.1) is 0 Å². The minimum Gasteiger partial charge on any atom is -0.345 e. The highest BCUT2D eigenvalue weighted by Crippen LogP contribution is 2.23. The van der Waals surface area contributed by atoms with Crippen molar-refractivity contribution in [1.82, 2.24) is 24.7 Å². The van der Waals surface area contributed by atoms with Crippen LogP contribution in [0.15, 0.2) is 36.7 Å². The van der Waals surface area contributed by atoms with Crippen LogP contribution < -0.4 is 5.32 Å². The number of benzene rings is 1. The molecule has 2 heterocycles. The molecule has 1 aliphatic heterocycles. The van der Waals surface area contributed by atoms with Gasteiger partial charge < -0.3 is 19.7 Å². The Kier molecular flexibility index (Phi) is 4.85. The number of aryl methyl sites for hydroxylation is 1. The van der Waals surface area contributed by atoms with Crippen LogP contribution in [-0.2, 0) is 7.05 Å². The number of hydrogen-bond acceptors (Lipinski definition) is 4. The van der Waals surface area contributed by atoms with E-state index in [9.17, 15) is 9.59 Å². The average molecular weight is 341 g/mol. The van der Waals surface area contributed by atoms with Gasteiger partial charge in [0.25, 0.3) is 11.8 Å². The van der Waals surface area contributed by atoms with Crippen molar-refractivity contribution in [2.75, 3.05) is 33.7 Å². The predicted molar refractivity (Wildman–Crippen MR) is 94.3 cm³/mol. The topological polar surface area (TPSA) is 70.5 Å². The Labute approximate surface area is 147 Å². The first-order valence-corrected chi connectivity index (χ1v) is 8.29. The lowest BCUT2D eigenvalue weighted by atomic mass is 10.1. The highest BCUT2D eigenvalue weighted by atomic mass is 16.2. The van der Waals surface area contributed by atoms with Crippen molar-refractivity contribution in [1.29, 1.82) is 0 Å². The van der Waals surface area contributed by atoms with Gasteiger partial charge in [-0.1, -0.05) is 0 Å². The molecule has 1 atom stereocenters. The van der Waals surface area contributed by atoms with Crippen LogP contribution in [0, 0.1) is 0 Å². The van der Waals surface area contributed by atoms with Crippen molar-refractivity contribution < 1.29 is 9.59 Å². The second-order valence-corrected chi connectivity index (χ2v) is 6.39. The molecule has 1 saturated heterocycles. The normalized spacial score (nSPS) is 17.4. The molecule has 0 saturated carbocycles. The van der Waals surface area contributed by atoms with Gasteiger partial charge >= 0.3 is 0 Å². The van der Waals surface area contributed by atoms with E-state index in [2.05, 4.69) is 10.3 Å². The van der Waals surface area contributed by atoms with E-state index < -0.39 is 0 Å². The van der Waals surface area contributed by atoms with Crippen LogP contribution in [-0.4, -0.2) is 64.9 Å². The number of nitrogens with zero attached hydrogens (tertiary/aromatic N) is 4. The van der Waals surface area contributed by atoms with Crippen LogP contribution in [0.1, 0.15) is 32.6 Å². The van der Waals surface area contributed by atoms with E-state index in [-0.39, 0.29) is 17.9 Å². The van der Waals surface area contributed by atoms with Gasteiger partial charge in [-0.05, 0) is 24.3 Å². The zero-order valence-electron chi connectivity index (χ0n) is 14.8. The molecule has 3 rings (SSSR count). The number of carbonyl (C=O) groups is 2. The third-order valence-electron chi connectivity index (χ3n) is 4.45. The molecule has 0 spiro atoms. The Hall–Kier alpha value is -2.67. The number of aromatic nitrogens is 2. The molecule has 7 heteroatoms. The first kappa shape index (κ1) is 17.2. The molecule has 1 unspecified atom stereocenters. The minimum atomic E-state index is -0.107. The largest absolute Gasteiger partial charge is 0.345 e. The van der Waals surface area contributed by atoms with E-state index in [4.69, 9.17) is 0 Å². The van der Waals surface area contributed by atoms with Crippen molar-refractivity contribution in [3.63, 3.8) is 0 Å². The van der Waals surface area contributed by atoms with Crippen molar-refractivity contribution in [2.24, 2.45) is 7.05 Å². The van der Waals surface area contributed by atoms with Gasteiger partial charge in [0.1, 0.15) is 11.9 Å². The van der Waals surface area contributed by atoms with E-state index in [0.29, 0.717) is 24.2 Å². The van der Waals surface area contributed by atoms with Crippen LogP contribution in [0.2, 0.25) is 0 Å². The molecule has 2 amide bonds. The number of amides is 2. The second-order valence-electron chi connectivity index (χ2n) is 6.39. The quantitative estimate of drug-likeness (QED) is 0.901. The molecular weight excluding hydrogens is 318 g/mol. The summed E-state index contributed by atoms with van der Waals surface area (Å²) in [5.41, 5.74) is 1.15. The van der Waals surface area contributed by atoms with Crippen LogP contribution >= 0.6 is 0 Å². The molecule has 1 aliphatic rings. The van der Waals surface area contributed by atoms with Crippen molar-refractivity contribution in [2.45, 2.75) is 6.04 Å². The van der Waals surface area contributed by atoms with Gasteiger partial charge in [0.15, 0.2) is 0 Å². The van der Waals surface area contributed by atoms with Crippen LogP contribution in [0.3, 0.4) is 0 Å². The molecule has 0 radical (unpaired) electrons. The van der Waals surface area contributed by atoms with Gasteiger partial charge in [-0.2, -0.15) is 0 Å². The Morgan fingerprint density at radius 2 is 1.88 bits per heavy atom. The summed E-state index contributed by atoms with van der Waals surface area (Å²) in [6.45, 7) is 2.05. The zero-order chi connectivity index (χ0) is 18.0. The maximum Gasteiger partial charge on any atom is 0.254 e. The van der Waals surface area contributed by atoms with Gasteiger partial charge in [-0.15, -0.1) is 0 Å². The van der Waals surface area contributed by atoms with Crippen LogP contribution in [0.4, 0.5) is 0 Å². The molecule has 132 valence electrons. The van der Waals surface area contributed by atoms with E-state index in [1.54, 1.807) is 44.6 Å². The number of nitrogens with one attached hydrogen (secondary N) is 1. The lowest BCUT2D eigenvalue weighted by molar-refractivity contribution is 0.0620. The van der Waals surface area contributed by atoms with Crippen molar-refractivity contribution in [3.05, 3.63) is 53.6 Å². The molecule has 25 heavy (non-hydrogen) atoms. The smallest absolute Gasteiger partial charge is 0.254 e. The fourth-order valence-corrected chi connectivity index (χ4v) is 3.06. The van der Waals surface area contributed by atoms with Crippen LogP contribution in [0.5, 0.6) is 0 Å². The van der Waals surface area contributed by atoms with E-state index in [0.717, 1.165) is 12.4 Å². The number of imidazole rings is 1. The number of rotatable bonds is 3. The van der Waals surface area contributed by atoms with Gasteiger partial charge in [0.2, 0.25) is 0 Å². The second kappa shape index (κ2) is 7.06. The lowest BCUT2D eigenvalue weighted by Crippen LogP contribution is -2.49. The first-order chi connectivity index (χ1) is 12.0. The number of hydrogen-bond donors (Lipinski definition) is 1. The summed E-state index contributed by atoms with van der Waals surface area (Å²) in [6, 6.07) is 6.73. The molecule has 1 aromatic carbocycles. The number of carbonyl (C=O) groups excluding carboxylic acids is 2. The average Bonchev–Trinajstić information content (AvgIpc) is 3.06. The molecule has 2 aromatic rings. The number of piperazine rings is 1. The molecule has 7 nitrogen and oxygen atoms in total. The first-order valence-electron chi connectivity index (χ1n) is 8.29. The summed E-state index contributed by atoms with van der Waals surface area (Å²) < 4.78 is 1.94. The van der Waals surface area contributed by atoms with Gasteiger partial charge in [-0.3, -0.25) is 9.59 Å². The maximum atomic E-state index is 13.0. The molecule has 1 aromatic heterocycles. The van der Waals surface area contributed by atoms with Gasteiger partial charge in [0, 0.05) is 64.3 Å². The Bertz CT molecular complexity index is 766. The molecule has 1 N–H and O–H groups in total. The summed E-state index contributed by atoms with van der Waals surface area (Å²) >= 11 is 0. The highest BCUT2D eigenvalue weighted by molar-refractivity contribution is 5.97. The summed E-state index contributed by atoms with van der Waals surface area (Å²) in [6.07, 6.45) is 3.63. The minimum absolute atomic E-state index is 0.0432. The van der Waals surface area contributed by atoms with E-state index in [1.165, 1.54) is 4.90 Å². The highest BCUT2D eigenvalue weighted by Gasteiger charge is 2.31. The standard InChI is InChI=1S/C18H23N5O2/c1-21(2)17(24)13-4-6-14(7-5-13)18(25)23-11-8-19-12-15(23)16-20-9-10-22(16)3/h4-7,9-10,15,19H,8,11-12H2,1-3H3. The third kappa shape index (κ3) is 3.41. The fraction of sp³-hybridized carbons (Fsp3) is 0.389. The Balaban J connectivity index is 1.83.